The smallest absolute Gasteiger partial charge is 0.233 e. The molecule has 0 radical (unpaired) electrons. The van der Waals surface area contributed by atoms with Crippen LogP contribution in [-0.4, -0.2) is 48.3 Å². The second-order valence-corrected chi connectivity index (χ2v) is 8.45. The van der Waals surface area contributed by atoms with Gasteiger partial charge >= 0.3 is 0 Å². The van der Waals surface area contributed by atoms with E-state index in [0.29, 0.717) is 5.92 Å². The number of benzene rings is 2. The molecule has 1 fully saturated rings. The van der Waals surface area contributed by atoms with Crippen molar-refractivity contribution in [3.8, 4) is 0 Å². The first-order valence-electron chi connectivity index (χ1n) is 10.8. The number of amides is 2. The van der Waals surface area contributed by atoms with Gasteiger partial charge in [-0.1, -0.05) is 42.5 Å². The number of piperidine rings is 1. The van der Waals surface area contributed by atoms with E-state index >= 15 is 0 Å². The highest BCUT2D eigenvalue weighted by molar-refractivity contribution is 6.03. The van der Waals surface area contributed by atoms with Gasteiger partial charge in [-0.15, -0.1) is 0 Å². The highest BCUT2D eigenvalue weighted by atomic mass is 16.2. The van der Waals surface area contributed by atoms with Crippen molar-refractivity contribution in [1.82, 2.24) is 9.80 Å². The lowest BCUT2D eigenvalue weighted by atomic mass is 9.96. The van der Waals surface area contributed by atoms with Crippen LogP contribution in [0.25, 0.3) is 0 Å². The summed E-state index contributed by atoms with van der Waals surface area (Å²) in [6.07, 6.45) is 2.05. The molecule has 1 heterocycles. The van der Waals surface area contributed by atoms with Gasteiger partial charge < -0.3 is 10.2 Å². The molecule has 0 unspecified atom stereocenters. The van der Waals surface area contributed by atoms with Crippen LogP contribution in [0.1, 0.15) is 36.0 Å². The highest BCUT2D eigenvalue weighted by Gasteiger charge is 2.23. The summed E-state index contributed by atoms with van der Waals surface area (Å²) in [7, 11) is 1.81. The van der Waals surface area contributed by atoms with Gasteiger partial charge in [-0.25, -0.2) is 0 Å². The quantitative estimate of drug-likeness (QED) is 0.706. The van der Waals surface area contributed by atoms with Gasteiger partial charge in [0, 0.05) is 25.8 Å². The van der Waals surface area contributed by atoms with Crippen LogP contribution in [0.2, 0.25) is 0 Å². The maximum Gasteiger partial charge on any atom is 0.233 e. The van der Waals surface area contributed by atoms with Crippen LogP contribution in [0.3, 0.4) is 0 Å². The Bertz CT molecular complexity index is 858. The maximum absolute atomic E-state index is 12.5. The van der Waals surface area contributed by atoms with Crippen molar-refractivity contribution in [2.45, 2.75) is 39.7 Å². The summed E-state index contributed by atoms with van der Waals surface area (Å²) >= 11 is 0. The molecule has 3 rings (SSSR count). The van der Waals surface area contributed by atoms with E-state index in [2.05, 4.69) is 34.5 Å². The third kappa shape index (κ3) is 6.17. The lowest BCUT2D eigenvalue weighted by Gasteiger charge is -2.34. The van der Waals surface area contributed by atoms with E-state index in [4.69, 9.17) is 0 Å². The Kier molecular flexibility index (Phi) is 7.63. The monoisotopic (exact) mass is 407 g/mol. The minimum Gasteiger partial charge on any atom is -0.345 e. The Labute approximate surface area is 180 Å². The van der Waals surface area contributed by atoms with Crippen LogP contribution < -0.4 is 5.32 Å². The van der Waals surface area contributed by atoms with Crippen LogP contribution in [0.4, 0.5) is 5.69 Å². The molecule has 0 aliphatic carbocycles. The summed E-state index contributed by atoms with van der Waals surface area (Å²) in [5.41, 5.74) is 4.28. The predicted molar refractivity (Wildman–Crippen MR) is 121 cm³/mol. The first-order valence-corrected chi connectivity index (χ1v) is 10.8. The van der Waals surface area contributed by atoms with Crippen molar-refractivity contribution in [3.05, 3.63) is 65.2 Å². The summed E-state index contributed by atoms with van der Waals surface area (Å²) in [5.74, 6) is 0.121. The Morgan fingerprint density at radius 2 is 1.73 bits per heavy atom. The SMILES string of the molecule is Cc1cccc(NC(=O)CC(=O)N(C)CC2CCN(Cc3ccccc3)CC2)c1C. The summed E-state index contributed by atoms with van der Waals surface area (Å²) < 4.78 is 0. The van der Waals surface area contributed by atoms with Gasteiger partial charge in [-0.2, -0.15) is 0 Å². The fourth-order valence-corrected chi connectivity index (χ4v) is 4.01. The van der Waals surface area contributed by atoms with E-state index < -0.39 is 0 Å². The van der Waals surface area contributed by atoms with Crippen LogP contribution in [-0.2, 0) is 16.1 Å². The third-order valence-electron chi connectivity index (χ3n) is 6.10. The minimum absolute atomic E-state index is 0.114. The molecule has 0 aromatic heterocycles. The summed E-state index contributed by atoms with van der Waals surface area (Å²) in [4.78, 5) is 29.1. The number of likely N-dealkylation sites (tertiary alicyclic amines) is 1. The van der Waals surface area contributed by atoms with E-state index in [0.717, 1.165) is 55.8 Å². The van der Waals surface area contributed by atoms with Crippen LogP contribution in [0.15, 0.2) is 48.5 Å². The Hall–Kier alpha value is -2.66. The number of carbonyl (C=O) groups is 2. The normalized spacial score (nSPS) is 15.0. The molecule has 1 aliphatic rings. The molecule has 0 bridgehead atoms. The topological polar surface area (TPSA) is 52.7 Å². The van der Waals surface area contributed by atoms with Gasteiger partial charge in [0.2, 0.25) is 11.8 Å². The molecule has 2 aromatic rings. The van der Waals surface area contributed by atoms with Gasteiger partial charge in [0.25, 0.3) is 0 Å². The number of rotatable bonds is 7. The average molecular weight is 408 g/mol. The van der Waals surface area contributed by atoms with Gasteiger partial charge in [-0.05, 0) is 68.5 Å². The number of carbonyl (C=O) groups excluding carboxylic acids is 2. The standard InChI is InChI=1S/C25H33N3O2/c1-19-8-7-11-23(20(19)2)26-24(29)16-25(30)27(3)17-22-12-14-28(15-13-22)18-21-9-5-4-6-10-21/h4-11,22H,12-18H2,1-3H3,(H,26,29). The zero-order valence-corrected chi connectivity index (χ0v) is 18.4. The molecule has 5 nitrogen and oxygen atoms in total. The molecular weight excluding hydrogens is 374 g/mol. The van der Waals surface area contributed by atoms with E-state index in [1.807, 2.05) is 45.2 Å². The molecule has 0 atom stereocenters. The Morgan fingerprint density at radius 1 is 1.03 bits per heavy atom. The maximum atomic E-state index is 12.5. The lowest BCUT2D eigenvalue weighted by Crippen LogP contribution is -2.39. The molecule has 1 aliphatic heterocycles. The number of hydrogen-bond donors (Lipinski definition) is 1. The molecule has 1 saturated heterocycles. The van der Waals surface area contributed by atoms with Gasteiger partial charge in [0.15, 0.2) is 0 Å². The fraction of sp³-hybridized carbons (Fsp3) is 0.440. The Morgan fingerprint density at radius 3 is 2.43 bits per heavy atom. The number of hydrogen-bond acceptors (Lipinski definition) is 3. The van der Waals surface area contributed by atoms with Crippen LogP contribution >= 0.6 is 0 Å². The van der Waals surface area contributed by atoms with Gasteiger partial charge in [-0.3, -0.25) is 14.5 Å². The number of nitrogens with one attached hydrogen (secondary N) is 1. The molecule has 160 valence electrons. The molecule has 5 heteroatoms. The number of aryl methyl sites for hydroxylation is 1. The first-order chi connectivity index (χ1) is 14.4. The molecule has 30 heavy (non-hydrogen) atoms. The molecule has 2 amide bonds. The van der Waals surface area contributed by atoms with Crippen molar-refractivity contribution >= 4 is 17.5 Å². The van der Waals surface area contributed by atoms with Crippen LogP contribution in [0.5, 0.6) is 0 Å². The van der Waals surface area contributed by atoms with Crippen molar-refractivity contribution in [2.24, 2.45) is 5.92 Å². The van der Waals surface area contributed by atoms with E-state index in [1.54, 1.807) is 4.90 Å². The van der Waals surface area contributed by atoms with Crippen molar-refractivity contribution in [3.63, 3.8) is 0 Å². The molecule has 2 aromatic carbocycles. The predicted octanol–water partition coefficient (Wildman–Crippen LogP) is 4.00. The average Bonchev–Trinajstić information content (AvgIpc) is 2.73. The molecule has 0 saturated carbocycles. The molecule has 0 spiro atoms. The fourth-order valence-electron chi connectivity index (χ4n) is 4.01. The highest BCUT2D eigenvalue weighted by Crippen LogP contribution is 2.21. The van der Waals surface area contributed by atoms with Crippen molar-refractivity contribution in [1.29, 1.82) is 0 Å². The summed E-state index contributed by atoms with van der Waals surface area (Å²) in [5, 5.41) is 2.88. The summed E-state index contributed by atoms with van der Waals surface area (Å²) in [6, 6.07) is 16.3. The zero-order valence-electron chi connectivity index (χ0n) is 18.4. The second-order valence-electron chi connectivity index (χ2n) is 8.45. The van der Waals surface area contributed by atoms with E-state index in [1.165, 1.54) is 5.56 Å². The van der Waals surface area contributed by atoms with Gasteiger partial charge in [0.1, 0.15) is 6.42 Å². The van der Waals surface area contributed by atoms with E-state index in [9.17, 15) is 9.59 Å². The minimum atomic E-state index is -0.252. The molecule has 1 N–H and O–H groups in total. The summed E-state index contributed by atoms with van der Waals surface area (Å²) in [6.45, 7) is 7.79. The number of nitrogens with zero attached hydrogens (tertiary/aromatic N) is 2. The van der Waals surface area contributed by atoms with Crippen molar-refractivity contribution in [2.75, 3.05) is 32.0 Å². The van der Waals surface area contributed by atoms with Crippen molar-refractivity contribution < 1.29 is 9.59 Å². The Balaban J connectivity index is 1.41. The number of anilines is 1. The van der Waals surface area contributed by atoms with E-state index in [-0.39, 0.29) is 18.2 Å². The zero-order chi connectivity index (χ0) is 21.5. The molecular formula is C25H33N3O2. The van der Waals surface area contributed by atoms with Gasteiger partial charge in [0.05, 0.1) is 0 Å². The lowest BCUT2D eigenvalue weighted by molar-refractivity contribution is -0.134. The second kappa shape index (κ2) is 10.4. The van der Waals surface area contributed by atoms with Crippen LogP contribution in [0, 0.1) is 19.8 Å². The third-order valence-corrected chi connectivity index (χ3v) is 6.10. The largest absolute Gasteiger partial charge is 0.345 e. The first kappa shape index (κ1) is 22.0.